The van der Waals surface area contributed by atoms with Crippen molar-refractivity contribution in [3.8, 4) is 0 Å². The van der Waals surface area contributed by atoms with Crippen LogP contribution in [-0.2, 0) is 0 Å². The molecule has 0 amide bonds. The van der Waals surface area contributed by atoms with Crippen molar-refractivity contribution < 1.29 is 13.2 Å². The van der Waals surface area contributed by atoms with Crippen LogP contribution < -0.4 is 11.1 Å². The summed E-state index contributed by atoms with van der Waals surface area (Å²) in [5, 5.41) is 2.37. The summed E-state index contributed by atoms with van der Waals surface area (Å²) in [6.45, 7) is 0. The van der Waals surface area contributed by atoms with Gasteiger partial charge in [-0.05, 0) is 18.2 Å². The molecule has 0 aliphatic heterocycles. The van der Waals surface area contributed by atoms with Crippen molar-refractivity contribution in [1.29, 1.82) is 0 Å². The molecule has 0 radical (unpaired) electrons. The van der Waals surface area contributed by atoms with Crippen LogP contribution in [0.1, 0.15) is 0 Å². The Morgan fingerprint density at radius 3 is 2.44 bits per heavy atom. The SMILES string of the molecule is Nc1cc(Cl)c(F)cc1Nc1cccc(F)c1F. The third-order valence-corrected chi connectivity index (χ3v) is 2.60. The van der Waals surface area contributed by atoms with E-state index in [0.717, 1.165) is 12.1 Å². The Hall–Kier alpha value is -1.88. The highest BCUT2D eigenvalue weighted by molar-refractivity contribution is 6.31. The Labute approximate surface area is 106 Å². The predicted octanol–water partition coefficient (Wildman–Crippen LogP) is 4.08. The molecule has 3 N–H and O–H groups in total. The summed E-state index contributed by atoms with van der Waals surface area (Å²) in [6.07, 6.45) is 0. The molecule has 2 rings (SSSR count). The van der Waals surface area contributed by atoms with Crippen LogP contribution >= 0.6 is 11.6 Å². The first kappa shape index (κ1) is 12.6. The highest BCUT2D eigenvalue weighted by Crippen LogP contribution is 2.30. The maximum atomic E-state index is 13.4. The predicted molar refractivity (Wildman–Crippen MR) is 65.5 cm³/mol. The molecule has 0 aromatic heterocycles. The van der Waals surface area contributed by atoms with Crippen LogP contribution in [0, 0.1) is 17.5 Å². The van der Waals surface area contributed by atoms with Crippen LogP contribution in [0.2, 0.25) is 5.02 Å². The lowest BCUT2D eigenvalue weighted by Crippen LogP contribution is -2.00. The lowest BCUT2D eigenvalue weighted by atomic mass is 10.2. The van der Waals surface area contributed by atoms with E-state index in [2.05, 4.69) is 5.32 Å². The number of nitrogen functional groups attached to an aromatic ring is 1. The highest BCUT2D eigenvalue weighted by atomic mass is 35.5. The summed E-state index contributed by atoms with van der Waals surface area (Å²) in [5.74, 6) is -2.77. The second-order valence-electron chi connectivity index (χ2n) is 3.58. The molecule has 6 heteroatoms. The van der Waals surface area contributed by atoms with Crippen LogP contribution in [-0.4, -0.2) is 0 Å². The maximum absolute atomic E-state index is 13.4. The van der Waals surface area contributed by atoms with Crippen LogP contribution in [0.15, 0.2) is 30.3 Å². The minimum absolute atomic E-state index is 0.112. The fourth-order valence-electron chi connectivity index (χ4n) is 1.42. The number of benzene rings is 2. The molecule has 94 valence electrons. The second-order valence-corrected chi connectivity index (χ2v) is 3.99. The van der Waals surface area contributed by atoms with Gasteiger partial charge in [0, 0.05) is 6.07 Å². The van der Waals surface area contributed by atoms with Gasteiger partial charge in [0.25, 0.3) is 0 Å². The van der Waals surface area contributed by atoms with Gasteiger partial charge in [0.05, 0.1) is 22.1 Å². The molecule has 0 aliphatic carbocycles. The van der Waals surface area contributed by atoms with Gasteiger partial charge in [-0.1, -0.05) is 17.7 Å². The van der Waals surface area contributed by atoms with Crippen molar-refractivity contribution in [3.63, 3.8) is 0 Å². The minimum atomic E-state index is -1.06. The van der Waals surface area contributed by atoms with Gasteiger partial charge in [-0.15, -0.1) is 0 Å². The Morgan fingerprint density at radius 1 is 1.00 bits per heavy atom. The monoisotopic (exact) mass is 272 g/mol. The van der Waals surface area contributed by atoms with Crippen molar-refractivity contribution in [2.24, 2.45) is 0 Å². The number of nitrogens with two attached hydrogens (primary N) is 1. The van der Waals surface area contributed by atoms with Crippen molar-refractivity contribution in [2.45, 2.75) is 0 Å². The zero-order chi connectivity index (χ0) is 13.3. The quantitative estimate of drug-likeness (QED) is 0.808. The van der Waals surface area contributed by atoms with Crippen LogP contribution in [0.5, 0.6) is 0 Å². The van der Waals surface area contributed by atoms with Gasteiger partial charge in [-0.3, -0.25) is 0 Å². The number of nitrogens with one attached hydrogen (secondary N) is 1. The van der Waals surface area contributed by atoms with Crippen molar-refractivity contribution in [3.05, 3.63) is 52.8 Å². The molecular weight excluding hydrogens is 265 g/mol. The molecular formula is C12H8ClF3N2. The maximum Gasteiger partial charge on any atom is 0.182 e. The topological polar surface area (TPSA) is 38.0 Å². The summed E-state index contributed by atoms with van der Waals surface area (Å²) >= 11 is 5.53. The number of anilines is 3. The average molecular weight is 273 g/mol. The van der Waals surface area contributed by atoms with Gasteiger partial charge in [-0.2, -0.15) is 0 Å². The number of hydrogen-bond acceptors (Lipinski definition) is 2. The molecule has 0 saturated heterocycles. The zero-order valence-electron chi connectivity index (χ0n) is 8.98. The fourth-order valence-corrected chi connectivity index (χ4v) is 1.59. The van der Waals surface area contributed by atoms with E-state index in [1.54, 1.807) is 0 Å². The molecule has 0 aliphatic rings. The number of hydrogen-bond donors (Lipinski definition) is 2. The van der Waals surface area contributed by atoms with Gasteiger partial charge in [0.1, 0.15) is 5.82 Å². The van der Waals surface area contributed by atoms with E-state index in [0.29, 0.717) is 0 Å². The fraction of sp³-hybridized carbons (Fsp3) is 0. The number of halogens is 4. The lowest BCUT2D eigenvalue weighted by molar-refractivity contribution is 0.512. The smallest absolute Gasteiger partial charge is 0.182 e. The molecule has 0 atom stereocenters. The molecule has 2 aromatic rings. The van der Waals surface area contributed by atoms with E-state index < -0.39 is 17.5 Å². The van der Waals surface area contributed by atoms with E-state index in [4.69, 9.17) is 17.3 Å². The minimum Gasteiger partial charge on any atom is -0.397 e. The van der Waals surface area contributed by atoms with Gasteiger partial charge in [-0.25, -0.2) is 13.2 Å². The molecule has 2 nitrogen and oxygen atoms in total. The van der Waals surface area contributed by atoms with Crippen molar-refractivity contribution >= 4 is 28.7 Å². The highest BCUT2D eigenvalue weighted by Gasteiger charge is 2.11. The third kappa shape index (κ3) is 2.36. The second kappa shape index (κ2) is 4.78. The molecule has 0 saturated carbocycles. The first-order valence-corrected chi connectivity index (χ1v) is 5.32. The standard InChI is InChI=1S/C12H8ClF3N2/c13-6-4-9(17)11(5-8(6)15)18-10-3-1-2-7(14)12(10)16/h1-5,18H,17H2. The summed E-state index contributed by atoms with van der Waals surface area (Å²) in [7, 11) is 0. The first-order valence-electron chi connectivity index (χ1n) is 4.94. The van der Waals surface area contributed by atoms with Gasteiger partial charge in [0.2, 0.25) is 0 Å². The molecule has 2 aromatic carbocycles. The van der Waals surface area contributed by atoms with E-state index in [-0.39, 0.29) is 22.1 Å². The Balaban J connectivity index is 2.40. The van der Waals surface area contributed by atoms with E-state index in [1.165, 1.54) is 18.2 Å². The molecule has 18 heavy (non-hydrogen) atoms. The van der Waals surface area contributed by atoms with E-state index in [1.807, 2.05) is 0 Å². The Kier molecular flexibility index (Phi) is 3.34. The normalized spacial score (nSPS) is 10.4. The van der Waals surface area contributed by atoms with Crippen molar-refractivity contribution in [2.75, 3.05) is 11.1 Å². The largest absolute Gasteiger partial charge is 0.397 e. The average Bonchev–Trinajstić information content (AvgIpc) is 2.32. The third-order valence-electron chi connectivity index (χ3n) is 2.31. The van der Waals surface area contributed by atoms with Gasteiger partial charge >= 0.3 is 0 Å². The molecule has 0 heterocycles. The molecule has 0 bridgehead atoms. The van der Waals surface area contributed by atoms with Crippen LogP contribution in [0.4, 0.5) is 30.2 Å². The van der Waals surface area contributed by atoms with Gasteiger partial charge in [0.15, 0.2) is 11.6 Å². The van der Waals surface area contributed by atoms with Crippen LogP contribution in [0.3, 0.4) is 0 Å². The van der Waals surface area contributed by atoms with Gasteiger partial charge < -0.3 is 11.1 Å². The zero-order valence-corrected chi connectivity index (χ0v) is 9.73. The summed E-state index contributed by atoms with van der Waals surface area (Å²) in [6, 6.07) is 5.82. The lowest BCUT2D eigenvalue weighted by Gasteiger charge is -2.11. The number of rotatable bonds is 2. The first-order chi connectivity index (χ1) is 8.49. The molecule has 0 fully saturated rings. The Morgan fingerprint density at radius 2 is 1.72 bits per heavy atom. The molecule has 0 spiro atoms. The molecule has 0 unspecified atom stereocenters. The Bertz CT molecular complexity index is 602. The van der Waals surface area contributed by atoms with E-state index in [9.17, 15) is 13.2 Å². The summed E-state index contributed by atoms with van der Waals surface area (Å²) in [4.78, 5) is 0. The van der Waals surface area contributed by atoms with Crippen molar-refractivity contribution in [1.82, 2.24) is 0 Å². The van der Waals surface area contributed by atoms with E-state index >= 15 is 0 Å². The summed E-state index contributed by atoms with van der Waals surface area (Å²) in [5.41, 5.74) is 5.70. The summed E-state index contributed by atoms with van der Waals surface area (Å²) < 4.78 is 39.6. The van der Waals surface area contributed by atoms with Crippen LogP contribution in [0.25, 0.3) is 0 Å².